The highest BCUT2D eigenvalue weighted by Gasteiger charge is 2.18. The molecule has 0 saturated heterocycles. The molecule has 0 aliphatic carbocycles. The number of hydrogen-bond acceptors (Lipinski definition) is 3. The van der Waals surface area contributed by atoms with Crippen LogP contribution >= 0.6 is 15.9 Å². The molecule has 0 spiro atoms. The van der Waals surface area contributed by atoms with Gasteiger partial charge in [-0.05, 0) is 34.8 Å². The Labute approximate surface area is 103 Å². The number of pyridine rings is 1. The van der Waals surface area contributed by atoms with Gasteiger partial charge in [0.1, 0.15) is 5.75 Å². The molecular weight excluding hydrogens is 274 g/mol. The van der Waals surface area contributed by atoms with Crippen molar-refractivity contribution in [3.8, 4) is 5.75 Å². The van der Waals surface area contributed by atoms with E-state index in [1.54, 1.807) is 12.3 Å². The van der Waals surface area contributed by atoms with Gasteiger partial charge in [0, 0.05) is 10.7 Å². The van der Waals surface area contributed by atoms with Crippen molar-refractivity contribution in [3.05, 3.63) is 22.9 Å². The third-order valence-electron chi connectivity index (χ3n) is 2.05. The zero-order valence-electron chi connectivity index (χ0n) is 9.02. The number of carboxylic acids is 1. The van der Waals surface area contributed by atoms with Gasteiger partial charge < -0.3 is 9.84 Å². The lowest BCUT2D eigenvalue weighted by molar-refractivity contribution is -0.145. The van der Waals surface area contributed by atoms with Gasteiger partial charge in [0.2, 0.25) is 0 Å². The van der Waals surface area contributed by atoms with Gasteiger partial charge in [0.25, 0.3) is 0 Å². The fraction of sp³-hybridized carbons (Fsp3) is 0.455. The predicted molar refractivity (Wildman–Crippen MR) is 63.5 cm³/mol. The molecule has 88 valence electrons. The molecule has 1 N–H and O–H groups in total. The van der Waals surface area contributed by atoms with Crippen LogP contribution in [0.1, 0.15) is 26.2 Å². The zero-order valence-corrected chi connectivity index (χ0v) is 10.6. The SMILES string of the molecule is CCCCC(Oc1cncc(Br)c1)C(=O)O. The third-order valence-corrected chi connectivity index (χ3v) is 2.49. The van der Waals surface area contributed by atoms with Crippen LogP contribution in [0.3, 0.4) is 0 Å². The van der Waals surface area contributed by atoms with E-state index in [0.29, 0.717) is 12.2 Å². The van der Waals surface area contributed by atoms with E-state index in [1.165, 1.54) is 6.20 Å². The number of aromatic nitrogens is 1. The number of carbonyl (C=O) groups is 1. The summed E-state index contributed by atoms with van der Waals surface area (Å²) in [5.41, 5.74) is 0. The van der Waals surface area contributed by atoms with Crippen LogP contribution in [0.25, 0.3) is 0 Å². The van der Waals surface area contributed by atoms with Gasteiger partial charge >= 0.3 is 5.97 Å². The van der Waals surface area contributed by atoms with Gasteiger partial charge in [-0.3, -0.25) is 4.98 Å². The first-order valence-corrected chi connectivity index (χ1v) is 5.92. The summed E-state index contributed by atoms with van der Waals surface area (Å²) in [7, 11) is 0. The first-order valence-electron chi connectivity index (χ1n) is 5.13. The highest BCUT2D eigenvalue weighted by Crippen LogP contribution is 2.18. The highest BCUT2D eigenvalue weighted by molar-refractivity contribution is 9.10. The second-order valence-corrected chi connectivity index (χ2v) is 4.34. The molecule has 1 aromatic heterocycles. The van der Waals surface area contributed by atoms with Crippen LogP contribution in [0.4, 0.5) is 0 Å². The van der Waals surface area contributed by atoms with E-state index in [2.05, 4.69) is 20.9 Å². The summed E-state index contributed by atoms with van der Waals surface area (Å²) in [6.45, 7) is 2.01. The number of aliphatic carboxylic acids is 1. The minimum absolute atomic E-state index is 0.470. The van der Waals surface area contributed by atoms with Crippen LogP contribution in [0, 0.1) is 0 Å². The summed E-state index contributed by atoms with van der Waals surface area (Å²) < 4.78 is 6.13. The zero-order chi connectivity index (χ0) is 12.0. The Hall–Kier alpha value is -1.10. The Bertz CT molecular complexity index is 357. The second-order valence-electron chi connectivity index (χ2n) is 3.43. The average Bonchev–Trinajstić information content (AvgIpc) is 2.24. The smallest absolute Gasteiger partial charge is 0.344 e. The number of hydrogen-bond donors (Lipinski definition) is 1. The number of halogens is 1. The largest absolute Gasteiger partial charge is 0.479 e. The maximum Gasteiger partial charge on any atom is 0.344 e. The van der Waals surface area contributed by atoms with Gasteiger partial charge in [-0.15, -0.1) is 0 Å². The van der Waals surface area contributed by atoms with Crippen molar-refractivity contribution in [1.82, 2.24) is 4.98 Å². The Morgan fingerprint density at radius 1 is 1.62 bits per heavy atom. The molecule has 16 heavy (non-hydrogen) atoms. The second kappa shape index (κ2) is 6.48. The van der Waals surface area contributed by atoms with Crippen LogP contribution in [0.15, 0.2) is 22.9 Å². The number of ether oxygens (including phenoxy) is 1. The molecule has 0 radical (unpaired) electrons. The van der Waals surface area contributed by atoms with Crippen LogP contribution < -0.4 is 4.74 Å². The summed E-state index contributed by atoms with van der Waals surface area (Å²) in [6.07, 6.45) is 4.62. The Morgan fingerprint density at radius 3 is 2.94 bits per heavy atom. The number of carboxylic acid groups (broad SMARTS) is 1. The van der Waals surface area contributed by atoms with E-state index in [9.17, 15) is 4.79 Å². The molecule has 1 unspecified atom stereocenters. The Balaban J connectivity index is 2.64. The molecule has 1 atom stereocenters. The molecule has 0 amide bonds. The molecular formula is C11H14BrNO3. The monoisotopic (exact) mass is 287 g/mol. The maximum absolute atomic E-state index is 10.9. The van der Waals surface area contributed by atoms with E-state index < -0.39 is 12.1 Å². The van der Waals surface area contributed by atoms with Crippen LogP contribution in [0.2, 0.25) is 0 Å². The molecule has 0 saturated carbocycles. The van der Waals surface area contributed by atoms with Crippen molar-refractivity contribution in [2.24, 2.45) is 0 Å². The molecule has 0 bridgehead atoms. The minimum Gasteiger partial charge on any atom is -0.479 e. The Kier molecular flexibility index (Phi) is 5.25. The fourth-order valence-corrected chi connectivity index (χ4v) is 1.59. The predicted octanol–water partition coefficient (Wildman–Crippen LogP) is 2.87. The van der Waals surface area contributed by atoms with E-state index in [-0.39, 0.29) is 0 Å². The molecule has 0 aromatic carbocycles. The molecule has 1 rings (SSSR count). The lowest BCUT2D eigenvalue weighted by Crippen LogP contribution is -2.26. The number of nitrogens with zero attached hydrogens (tertiary/aromatic N) is 1. The van der Waals surface area contributed by atoms with Gasteiger partial charge in [0.15, 0.2) is 6.10 Å². The van der Waals surface area contributed by atoms with Crippen molar-refractivity contribution in [2.45, 2.75) is 32.3 Å². The van der Waals surface area contributed by atoms with Crippen LogP contribution in [0.5, 0.6) is 5.75 Å². The van der Waals surface area contributed by atoms with Crippen LogP contribution in [-0.2, 0) is 4.79 Å². The van der Waals surface area contributed by atoms with Gasteiger partial charge in [0.05, 0.1) is 6.20 Å². The van der Waals surface area contributed by atoms with Crippen molar-refractivity contribution < 1.29 is 14.6 Å². The van der Waals surface area contributed by atoms with Gasteiger partial charge in [-0.1, -0.05) is 13.3 Å². The summed E-state index contributed by atoms with van der Waals surface area (Å²) >= 11 is 3.25. The lowest BCUT2D eigenvalue weighted by Gasteiger charge is -2.14. The fourth-order valence-electron chi connectivity index (χ4n) is 1.24. The van der Waals surface area contributed by atoms with E-state index in [0.717, 1.165) is 17.3 Å². The molecule has 0 aliphatic rings. The first-order chi connectivity index (χ1) is 7.63. The van der Waals surface area contributed by atoms with Crippen molar-refractivity contribution >= 4 is 21.9 Å². The summed E-state index contributed by atoms with van der Waals surface area (Å²) in [4.78, 5) is 14.8. The number of rotatable bonds is 6. The maximum atomic E-state index is 10.9. The first kappa shape index (κ1) is 13.0. The van der Waals surface area contributed by atoms with Crippen molar-refractivity contribution in [1.29, 1.82) is 0 Å². The van der Waals surface area contributed by atoms with Crippen molar-refractivity contribution in [3.63, 3.8) is 0 Å². The average molecular weight is 288 g/mol. The molecule has 5 heteroatoms. The van der Waals surface area contributed by atoms with Crippen LogP contribution in [-0.4, -0.2) is 22.2 Å². The normalized spacial score (nSPS) is 12.1. The van der Waals surface area contributed by atoms with E-state index >= 15 is 0 Å². The summed E-state index contributed by atoms with van der Waals surface area (Å²) in [6, 6.07) is 1.70. The quantitative estimate of drug-likeness (QED) is 0.874. The number of unbranched alkanes of at least 4 members (excludes halogenated alkanes) is 1. The molecule has 0 fully saturated rings. The van der Waals surface area contributed by atoms with Crippen molar-refractivity contribution in [2.75, 3.05) is 0 Å². The standard InChI is InChI=1S/C11H14BrNO3/c1-2-3-4-10(11(14)15)16-9-5-8(12)6-13-7-9/h5-7,10H,2-4H2,1H3,(H,14,15). The topological polar surface area (TPSA) is 59.4 Å². The molecule has 1 heterocycles. The third kappa shape index (κ3) is 4.18. The van der Waals surface area contributed by atoms with E-state index in [4.69, 9.17) is 9.84 Å². The van der Waals surface area contributed by atoms with Gasteiger partial charge in [-0.2, -0.15) is 0 Å². The molecule has 4 nitrogen and oxygen atoms in total. The Morgan fingerprint density at radius 2 is 2.38 bits per heavy atom. The lowest BCUT2D eigenvalue weighted by atomic mass is 10.1. The van der Waals surface area contributed by atoms with E-state index in [1.807, 2.05) is 6.92 Å². The minimum atomic E-state index is -0.937. The summed E-state index contributed by atoms with van der Waals surface area (Å²) in [5, 5.41) is 8.97. The van der Waals surface area contributed by atoms with Gasteiger partial charge in [-0.25, -0.2) is 4.79 Å². The summed E-state index contributed by atoms with van der Waals surface area (Å²) in [5.74, 6) is -0.466. The highest BCUT2D eigenvalue weighted by atomic mass is 79.9. The molecule has 1 aromatic rings. The molecule has 0 aliphatic heterocycles.